The fourth-order valence-corrected chi connectivity index (χ4v) is 3.25. The standard InChI is InChI=1S/C14H20N2O3S/c1-11-5-7-13(8-6-11)15-14(17)12-4-3-9-16(10-12)20(2,18)19/h5-8,12H,3-4,9-10H2,1-2H3,(H,15,17)/t12-/m1/s1. The molecule has 0 aromatic heterocycles. The van der Waals surface area contributed by atoms with Gasteiger partial charge >= 0.3 is 0 Å². The summed E-state index contributed by atoms with van der Waals surface area (Å²) in [4.78, 5) is 12.2. The van der Waals surface area contributed by atoms with E-state index in [9.17, 15) is 13.2 Å². The van der Waals surface area contributed by atoms with Crippen molar-refractivity contribution in [1.82, 2.24) is 4.31 Å². The topological polar surface area (TPSA) is 66.5 Å². The summed E-state index contributed by atoms with van der Waals surface area (Å²) in [7, 11) is -3.22. The molecule has 0 bridgehead atoms. The third-order valence-electron chi connectivity index (χ3n) is 3.54. The van der Waals surface area contributed by atoms with Crippen LogP contribution in [0.25, 0.3) is 0 Å². The largest absolute Gasteiger partial charge is 0.326 e. The molecule has 1 aromatic carbocycles. The molecule has 1 fully saturated rings. The molecular weight excluding hydrogens is 276 g/mol. The maximum Gasteiger partial charge on any atom is 0.228 e. The van der Waals surface area contributed by atoms with Crippen molar-refractivity contribution in [3.05, 3.63) is 29.8 Å². The van der Waals surface area contributed by atoms with E-state index in [-0.39, 0.29) is 18.4 Å². The van der Waals surface area contributed by atoms with Gasteiger partial charge in [-0.3, -0.25) is 4.79 Å². The van der Waals surface area contributed by atoms with Gasteiger partial charge in [0.05, 0.1) is 12.2 Å². The molecule has 6 heteroatoms. The van der Waals surface area contributed by atoms with Crippen molar-refractivity contribution < 1.29 is 13.2 Å². The Hall–Kier alpha value is -1.40. The second-order valence-electron chi connectivity index (χ2n) is 5.32. The minimum atomic E-state index is -3.22. The first-order valence-corrected chi connectivity index (χ1v) is 8.54. The molecular formula is C14H20N2O3S. The fourth-order valence-electron chi connectivity index (χ4n) is 2.34. The molecule has 1 amide bonds. The average Bonchev–Trinajstić information content (AvgIpc) is 2.40. The first kappa shape index (κ1) is 15.0. The summed E-state index contributed by atoms with van der Waals surface area (Å²) in [6.07, 6.45) is 2.63. The highest BCUT2D eigenvalue weighted by Gasteiger charge is 2.30. The van der Waals surface area contributed by atoms with Gasteiger partial charge in [0.1, 0.15) is 0 Å². The third-order valence-corrected chi connectivity index (χ3v) is 4.81. The number of carbonyl (C=O) groups is 1. The van der Waals surface area contributed by atoms with Crippen LogP contribution in [0.5, 0.6) is 0 Å². The highest BCUT2D eigenvalue weighted by atomic mass is 32.2. The first-order chi connectivity index (χ1) is 9.36. The Morgan fingerprint density at radius 2 is 1.95 bits per heavy atom. The number of carbonyl (C=O) groups excluding carboxylic acids is 1. The second kappa shape index (κ2) is 5.93. The number of nitrogens with zero attached hydrogens (tertiary/aromatic N) is 1. The van der Waals surface area contributed by atoms with Crippen LogP contribution >= 0.6 is 0 Å². The number of hydrogen-bond acceptors (Lipinski definition) is 3. The summed E-state index contributed by atoms with van der Waals surface area (Å²) < 4.78 is 24.5. The van der Waals surface area contributed by atoms with Crippen molar-refractivity contribution in [1.29, 1.82) is 0 Å². The predicted molar refractivity (Wildman–Crippen MR) is 78.9 cm³/mol. The number of hydrogen-bond donors (Lipinski definition) is 1. The molecule has 0 saturated carbocycles. The monoisotopic (exact) mass is 296 g/mol. The Bertz CT molecular complexity index is 581. The molecule has 5 nitrogen and oxygen atoms in total. The molecule has 0 aliphatic carbocycles. The van der Waals surface area contributed by atoms with Crippen LogP contribution in [0.1, 0.15) is 18.4 Å². The lowest BCUT2D eigenvalue weighted by molar-refractivity contribution is -0.120. The van der Waals surface area contributed by atoms with Gasteiger partial charge in [0.25, 0.3) is 0 Å². The summed E-state index contributed by atoms with van der Waals surface area (Å²) in [6, 6.07) is 7.56. The predicted octanol–water partition coefficient (Wildman–Crippen LogP) is 1.61. The molecule has 1 saturated heterocycles. The van der Waals surface area contributed by atoms with Gasteiger partial charge in [-0.05, 0) is 31.9 Å². The quantitative estimate of drug-likeness (QED) is 0.921. The number of anilines is 1. The van der Waals surface area contributed by atoms with Crippen LogP contribution in [0.15, 0.2) is 24.3 Å². The van der Waals surface area contributed by atoms with E-state index in [1.54, 1.807) is 0 Å². The molecule has 1 N–H and O–H groups in total. The van der Waals surface area contributed by atoms with Crippen molar-refractivity contribution in [2.75, 3.05) is 24.7 Å². The third kappa shape index (κ3) is 3.80. The molecule has 2 rings (SSSR count). The van der Waals surface area contributed by atoms with Crippen LogP contribution in [-0.2, 0) is 14.8 Å². The summed E-state index contributed by atoms with van der Waals surface area (Å²) in [5.74, 6) is -0.387. The van der Waals surface area contributed by atoms with E-state index in [1.165, 1.54) is 10.6 Å². The molecule has 1 atom stereocenters. The Morgan fingerprint density at radius 1 is 1.30 bits per heavy atom. The van der Waals surface area contributed by atoms with Gasteiger partial charge in [-0.25, -0.2) is 12.7 Å². The maximum absolute atomic E-state index is 12.2. The molecule has 110 valence electrons. The molecule has 1 aliphatic rings. The van der Waals surface area contributed by atoms with E-state index in [1.807, 2.05) is 31.2 Å². The number of benzene rings is 1. The maximum atomic E-state index is 12.2. The number of piperidine rings is 1. The van der Waals surface area contributed by atoms with Gasteiger partial charge in [0.15, 0.2) is 0 Å². The fraction of sp³-hybridized carbons (Fsp3) is 0.500. The molecule has 1 aliphatic heterocycles. The Kier molecular flexibility index (Phi) is 4.45. The van der Waals surface area contributed by atoms with Gasteiger partial charge in [-0.2, -0.15) is 0 Å². The SMILES string of the molecule is Cc1ccc(NC(=O)[C@@H]2CCCN(S(C)(=O)=O)C2)cc1. The van der Waals surface area contributed by atoms with Gasteiger partial charge in [-0.1, -0.05) is 17.7 Å². The van der Waals surface area contributed by atoms with E-state index in [2.05, 4.69) is 5.32 Å². The molecule has 0 spiro atoms. The number of aryl methyl sites for hydroxylation is 1. The first-order valence-electron chi connectivity index (χ1n) is 6.69. The van der Waals surface area contributed by atoms with E-state index in [4.69, 9.17) is 0 Å². The highest BCUT2D eigenvalue weighted by Crippen LogP contribution is 2.20. The molecule has 1 aromatic rings. The van der Waals surface area contributed by atoms with Crippen LogP contribution in [0.3, 0.4) is 0 Å². The van der Waals surface area contributed by atoms with Crippen molar-refractivity contribution in [3.63, 3.8) is 0 Å². The number of sulfonamides is 1. The van der Waals surface area contributed by atoms with Crippen molar-refractivity contribution in [3.8, 4) is 0 Å². The van der Waals surface area contributed by atoms with E-state index >= 15 is 0 Å². The zero-order valence-corrected chi connectivity index (χ0v) is 12.6. The lowest BCUT2D eigenvalue weighted by Crippen LogP contribution is -2.43. The smallest absolute Gasteiger partial charge is 0.228 e. The summed E-state index contributed by atoms with van der Waals surface area (Å²) in [5, 5.41) is 2.85. The summed E-state index contributed by atoms with van der Waals surface area (Å²) >= 11 is 0. The Labute approximate surface area is 120 Å². The summed E-state index contributed by atoms with van der Waals surface area (Å²) in [6.45, 7) is 2.76. The van der Waals surface area contributed by atoms with Crippen molar-refractivity contribution >= 4 is 21.6 Å². The van der Waals surface area contributed by atoms with Gasteiger partial charge in [-0.15, -0.1) is 0 Å². The van der Waals surface area contributed by atoms with E-state index < -0.39 is 10.0 Å². The normalized spacial score (nSPS) is 20.6. The van der Waals surface area contributed by atoms with Crippen molar-refractivity contribution in [2.24, 2.45) is 5.92 Å². The molecule has 20 heavy (non-hydrogen) atoms. The van der Waals surface area contributed by atoms with E-state index in [0.29, 0.717) is 6.54 Å². The number of amides is 1. The van der Waals surface area contributed by atoms with Gasteiger partial charge < -0.3 is 5.32 Å². The Morgan fingerprint density at radius 3 is 2.55 bits per heavy atom. The van der Waals surface area contributed by atoms with Crippen LogP contribution in [0.4, 0.5) is 5.69 Å². The van der Waals surface area contributed by atoms with Gasteiger partial charge in [0, 0.05) is 18.8 Å². The van der Waals surface area contributed by atoms with Crippen LogP contribution < -0.4 is 5.32 Å². The zero-order valence-electron chi connectivity index (χ0n) is 11.8. The van der Waals surface area contributed by atoms with E-state index in [0.717, 1.165) is 24.1 Å². The van der Waals surface area contributed by atoms with Gasteiger partial charge in [0.2, 0.25) is 15.9 Å². The highest BCUT2D eigenvalue weighted by molar-refractivity contribution is 7.88. The molecule has 0 unspecified atom stereocenters. The lowest BCUT2D eigenvalue weighted by Gasteiger charge is -2.30. The lowest BCUT2D eigenvalue weighted by atomic mass is 9.98. The van der Waals surface area contributed by atoms with Crippen LogP contribution in [-0.4, -0.2) is 38.0 Å². The second-order valence-corrected chi connectivity index (χ2v) is 7.30. The minimum absolute atomic E-state index is 0.109. The minimum Gasteiger partial charge on any atom is -0.326 e. The number of rotatable bonds is 3. The van der Waals surface area contributed by atoms with Crippen LogP contribution in [0, 0.1) is 12.8 Å². The molecule has 1 heterocycles. The average molecular weight is 296 g/mol. The number of nitrogens with one attached hydrogen (secondary N) is 1. The van der Waals surface area contributed by atoms with Crippen molar-refractivity contribution in [2.45, 2.75) is 19.8 Å². The summed E-state index contributed by atoms with van der Waals surface area (Å²) in [5.41, 5.74) is 1.88. The van der Waals surface area contributed by atoms with Crippen LogP contribution in [0.2, 0.25) is 0 Å². The Balaban J connectivity index is 2.00. The zero-order chi connectivity index (χ0) is 14.8. The molecule has 0 radical (unpaired) electrons.